The Morgan fingerprint density at radius 1 is 1.50 bits per heavy atom. The minimum absolute atomic E-state index is 0.240. The van der Waals surface area contributed by atoms with Gasteiger partial charge < -0.3 is 10.4 Å². The second kappa shape index (κ2) is 7.10. The third-order valence-corrected chi connectivity index (χ3v) is 1.91. The SMILES string of the molecule is CCCCC(CC)NC(=O)CO. The van der Waals surface area contributed by atoms with E-state index in [0.29, 0.717) is 0 Å². The Morgan fingerprint density at radius 3 is 2.58 bits per heavy atom. The Kier molecular flexibility index (Phi) is 6.76. The first-order valence-electron chi connectivity index (χ1n) is 4.64. The van der Waals surface area contributed by atoms with Gasteiger partial charge in [0.15, 0.2) is 0 Å². The topological polar surface area (TPSA) is 49.3 Å². The van der Waals surface area contributed by atoms with Crippen molar-refractivity contribution in [2.45, 2.75) is 45.6 Å². The molecular formula is C9H19NO2. The highest BCUT2D eigenvalue weighted by molar-refractivity contribution is 5.77. The zero-order chi connectivity index (χ0) is 9.40. The number of amides is 1. The van der Waals surface area contributed by atoms with Gasteiger partial charge in [-0.3, -0.25) is 4.79 Å². The zero-order valence-corrected chi connectivity index (χ0v) is 7.97. The fourth-order valence-corrected chi connectivity index (χ4v) is 1.10. The summed E-state index contributed by atoms with van der Waals surface area (Å²) in [6, 6.07) is 0.240. The number of aliphatic hydroxyl groups is 1. The average molecular weight is 173 g/mol. The van der Waals surface area contributed by atoms with Gasteiger partial charge in [0, 0.05) is 6.04 Å². The van der Waals surface area contributed by atoms with E-state index >= 15 is 0 Å². The lowest BCUT2D eigenvalue weighted by molar-refractivity contribution is -0.124. The fraction of sp³-hybridized carbons (Fsp3) is 0.889. The summed E-state index contributed by atoms with van der Waals surface area (Å²) in [6.07, 6.45) is 4.22. The first-order valence-corrected chi connectivity index (χ1v) is 4.64. The zero-order valence-electron chi connectivity index (χ0n) is 7.97. The summed E-state index contributed by atoms with van der Waals surface area (Å²) < 4.78 is 0. The summed E-state index contributed by atoms with van der Waals surface area (Å²) >= 11 is 0. The molecule has 0 spiro atoms. The van der Waals surface area contributed by atoms with Gasteiger partial charge in [-0.1, -0.05) is 26.7 Å². The molecule has 1 amide bonds. The number of carbonyl (C=O) groups is 1. The van der Waals surface area contributed by atoms with Crippen molar-refractivity contribution in [3.63, 3.8) is 0 Å². The van der Waals surface area contributed by atoms with Gasteiger partial charge in [0.25, 0.3) is 0 Å². The smallest absolute Gasteiger partial charge is 0.245 e. The predicted molar refractivity (Wildman–Crippen MR) is 48.8 cm³/mol. The summed E-state index contributed by atoms with van der Waals surface area (Å²) in [5.74, 6) is -0.266. The molecule has 0 saturated carbocycles. The van der Waals surface area contributed by atoms with Crippen molar-refractivity contribution in [2.75, 3.05) is 6.61 Å². The van der Waals surface area contributed by atoms with Crippen molar-refractivity contribution in [3.8, 4) is 0 Å². The molecule has 12 heavy (non-hydrogen) atoms. The molecule has 0 saturated heterocycles. The van der Waals surface area contributed by atoms with Crippen LogP contribution in [0, 0.1) is 0 Å². The number of nitrogens with one attached hydrogen (secondary N) is 1. The minimum Gasteiger partial charge on any atom is -0.387 e. The molecule has 0 bridgehead atoms. The highest BCUT2D eigenvalue weighted by Crippen LogP contribution is 2.03. The lowest BCUT2D eigenvalue weighted by Gasteiger charge is -2.15. The maximum absolute atomic E-state index is 10.8. The lowest BCUT2D eigenvalue weighted by Crippen LogP contribution is -2.36. The van der Waals surface area contributed by atoms with Crippen LogP contribution in [0.25, 0.3) is 0 Å². The Bertz CT molecular complexity index is 126. The summed E-state index contributed by atoms with van der Waals surface area (Å²) in [6.45, 7) is 3.77. The number of hydrogen-bond donors (Lipinski definition) is 2. The summed E-state index contributed by atoms with van der Waals surface area (Å²) in [5.41, 5.74) is 0. The molecule has 0 aliphatic rings. The molecule has 2 N–H and O–H groups in total. The molecule has 3 heteroatoms. The van der Waals surface area contributed by atoms with Crippen LogP contribution < -0.4 is 5.32 Å². The van der Waals surface area contributed by atoms with Gasteiger partial charge in [0.05, 0.1) is 0 Å². The summed E-state index contributed by atoms with van der Waals surface area (Å²) in [7, 11) is 0. The molecule has 0 fully saturated rings. The van der Waals surface area contributed by atoms with Crippen LogP contribution in [-0.2, 0) is 4.79 Å². The maximum atomic E-state index is 10.8. The Morgan fingerprint density at radius 2 is 2.17 bits per heavy atom. The standard InChI is InChI=1S/C9H19NO2/c1-3-5-6-8(4-2)10-9(12)7-11/h8,11H,3-7H2,1-2H3,(H,10,12). The predicted octanol–water partition coefficient (Wildman–Crippen LogP) is 1.06. The normalized spacial score (nSPS) is 12.6. The van der Waals surface area contributed by atoms with E-state index in [-0.39, 0.29) is 11.9 Å². The van der Waals surface area contributed by atoms with Crippen LogP contribution in [0.5, 0.6) is 0 Å². The molecule has 0 rings (SSSR count). The third-order valence-electron chi connectivity index (χ3n) is 1.91. The van der Waals surface area contributed by atoms with E-state index in [2.05, 4.69) is 12.2 Å². The first kappa shape index (κ1) is 11.4. The van der Waals surface area contributed by atoms with Crippen molar-refractivity contribution < 1.29 is 9.90 Å². The van der Waals surface area contributed by atoms with Gasteiger partial charge in [-0.2, -0.15) is 0 Å². The largest absolute Gasteiger partial charge is 0.387 e. The van der Waals surface area contributed by atoms with Crippen LogP contribution in [-0.4, -0.2) is 23.7 Å². The van der Waals surface area contributed by atoms with E-state index in [1.54, 1.807) is 0 Å². The molecule has 0 aromatic rings. The van der Waals surface area contributed by atoms with Crippen LogP contribution in [0.4, 0.5) is 0 Å². The maximum Gasteiger partial charge on any atom is 0.245 e. The number of aliphatic hydroxyl groups excluding tert-OH is 1. The van der Waals surface area contributed by atoms with Crippen LogP contribution in [0.1, 0.15) is 39.5 Å². The van der Waals surface area contributed by atoms with Crippen LogP contribution in [0.2, 0.25) is 0 Å². The van der Waals surface area contributed by atoms with Gasteiger partial charge in [-0.05, 0) is 12.8 Å². The minimum atomic E-state index is -0.400. The number of carbonyl (C=O) groups excluding carboxylic acids is 1. The van der Waals surface area contributed by atoms with Crippen LogP contribution in [0.15, 0.2) is 0 Å². The average Bonchev–Trinajstić information content (AvgIpc) is 2.11. The first-order chi connectivity index (χ1) is 5.74. The molecule has 1 unspecified atom stereocenters. The molecule has 0 aromatic carbocycles. The van der Waals surface area contributed by atoms with E-state index in [1.165, 1.54) is 0 Å². The molecule has 0 radical (unpaired) electrons. The molecule has 1 atom stereocenters. The number of unbranched alkanes of at least 4 members (excludes halogenated alkanes) is 1. The molecular weight excluding hydrogens is 154 g/mol. The highest BCUT2D eigenvalue weighted by atomic mass is 16.3. The van der Waals surface area contributed by atoms with E-state index in [4.69, 9.17) is 5.11 Å². The fourth-order valence-electron chi connectivity index (χ4n) is 1.10. The van der Waals surface area contributed by atoms with Crippen molar-refractivity contribution in [1.82, 2.24) is 5.32 Å². The third kappa shape index (κ3) is 5.13. The van der Waals surface area contributed by atoms with E-state index < -0.39 is 6.61 Å². The van der Waals surface area contributed by atoms with Gasteiger partial charge in [0.1, 0.15) is 6.61 Å². The second-order valence-corrected chi connectivity index (χ2v) is 2.97. The van der Waals surface area contributed by atoms with Crippen molar-refractivity contribution in [2.24, 2.45) is 0 Å². The Labute approximate surface area is 74.2 Å². The summed E-state index contributed by atoms with van der Waals surface area (Å²) in [5, 5.41) is 11.3. The van der Waals surface area contributed by atoms with E-state index in [1.807, 2.05) is 6.92 Å². The molecule has 0 heterocycles. The van der Waals surface area contributed by atoms with Crippen molar-refractivity contribution in [3.05, 3.63) is 0 Å². The number of rotatable bonds is 6. The molecule has 72 valence electrons. The quantitative estimate of drug-likeness (QED) is 0.631. The molecule has 3 nitrogen and oxygen atoms in total. The molecule has 0 aliphatic carbocycles. The lowest BCUT2D eigenvalue weighted by atomic mass is 10.1. The van der Waals surface area contributed by atoms with Gasteiger partial charge in [0.2, 0.25) is 5.91 Å². The van der Waals surface area contributed by atoms with E-state index in [9.17, 15) is 4.79 Å². The molecule has 0 aromatic heterocycles. The van der Waals surface area contributed by atoms with Gasteiger partial charge in [-0.15, -0.1) is 0 Å². The Hall–Kier alpha value is -0.570. The highest BCUT2D eigenvalue weighted by Gasteiger charge is 2.07. The van der Waals surface area contributed by atoms with Crippen molar-refractivity contribution in [1.29, 1.82) is 0 Å². The Balaban J connectivity index is 3.59. The van der Waals surface area contributed by atoms with Crippen molar-refractivity contribution >= 4 is 5.91 Å². The molecule has 0 aliphatic heterocycles. The monoisotopic (exact) mass is 173 g/mol. The van der Waals surface area contributed by atoms with Gasteiger partial charge in [-0.25, -0.2) is 0 Å². The second-order valence-electron chi connectivity index (χ2n) is 2.97. The summed E-state index contributed by atoms with van der Waals surface area (Å²) in [4.78, 5) is 10.8. The van der Waals surface area contributed by atoms with Crippen LogP contribution in [0.3, 0.4) is 0 Å². The van der Waals surface area contributed by atoms with Crippen LogP contribution >= 0.6 is 0 Å². The van der Waals surface area contributed by atoms with E-state index in [0.717, 1.165) is 25.7 Å². The number of hydrogen-bond acceptors (Lipinski definition) is 2. The van der Waals surface area contributed by atoms with Gasteiger partial charge >= 0.3 is 0 Å².